The summed E-state index contributed by atoms with van der Waals surface area (Å²) in [5, 5.41) is 6.00. The zero-order valence-corrected chi connectivity index (χ0v) is 26.3. The molecule has 2 nitrogen and oxygen atoms in total. The molecule has 0 radical (unpaired) electrons. The summed E-state index contributed by atoms with van der Waals surface area (Å²) in [6.07, 6.45) is 0. The standard InChI is InChI=1S/C46H31NO/c1-2-14-35(15-3-1)45-42-21-8-9-23-44(42)48-46(45)38-18-10-19-40(31-38)47(43-22-11-17-34-13-6-7-20-41(34)43)39-28-26-33(27-29-39)37-25-24-32-12-4-5-16-36(32)30-37/h1-31H. The van der Waals surface area contributed by atoms with E-state index in [1.165, 1.54) is 32.7 Å². The van der Waals surface area contributed by atoms with Crippen LogP contribution in [0.1, 0.15) is 0 Å². The Morgan fingerprint density at radius 1 is 0.354 bits per heavy atom. The van der Waals surface area contributed by atoms with Gasteiger partial charge in [0.05, 0.1) is 5.69 Å². The molecule has 0 saturated carbocycles. The minimum atomic E-state index is 0.869. The zero-order chi connectivity index (χ0) is 31.9. The molecule has 0 aliphatic heterocycles. The van der Waals surface area contributed by atoms with Crippen molar-refractivity contribution in [3.63, 3.8) is 0 Å². The van der Waals surface area contributed by atoms with Crippen LogP contribution in [0.5, 0.6) is 0 Å². The fraction of sp³-hybridized carbons (Fsp3) is 0. The smallest absolute Gasteiger partial charge is 0.143 e. The molecule has 0 unspecified atom stereocenters. The Hall–Kier alpha value is -6.38. The molecule has 0 atom stereocenters. The van der Waals surface area contributed by atoms with Crippen LogP contribution in [0.15, 0.2) is 192 Å². The van der Waals surface area contributed by atoms with E-state index >= 15 is 0 Å². The molecule has 0 bridgehead atoms. The Balaban J connectivity index is 1.20. The summed E-state index contributed by atoms with van der Waals surface area (Å²) < 4.78 is 6.63. The molecule has 1 aromatic heterocycles. The molecule has 0 spiro atoms. The minimum Gasteiger partial charge on any atom is -0.455 e. The average Bonchev–Trinajstić information content (AvgIpc) is 3.56. The Morgan fingerprint density at radius 2 is 1.00 bits per heavy atom. The van der Waals surface area contributed by atoms with E-state index in [1.807, 2.05) is 6.07 Å². The lowest BCUT2D eigenvalue weighted by Gasteiger charge is -2.27. The molecule has 0 aliphatic carbocycles. The van der Waals surface area contributed by atoms with E-state index in [9.17, 15) is 0 Å². The van der Waals surface area contributed by atoms with Gasteiger partial charge in [0.2, 0.25) is 0 Å². The highest BCUT2D eigenvalue weighted by Gasteiger charge is 2.20. The monoisotopic (exact) mass is 613 g/mol. The summed E-state index contributed by atoms with van der Waals surface area (Å²) in [5.41, 5.74) is 9.81. The average molecular weight is 614 g/mol. The van der Waals surface area contributed by atoms with E-state index in [0.717, 1.165) is 50.5 Å². The van der Waals surface area contributed by atoms with E-state index in [1.54, 1.807) is 0 Å². The molecule has 2 heteroatoms. The number of para-hydroxylation sites is 1. The van der Waals surface area contributed by atoms with Crippen LogP contribution in [0.3, 0.4) is 0 Å². The molecule has 226 valence electrons. The van der Waals surface area contributed by atoms with Gasteiger partial charge in [0.1, 0.15) is 11.3 Å². The minimum absolute atomic E-state index is 0.869. The van der Waals surface area contributed by atoms with Crippen LogP contribution in [0.4, 0.5) is 17.1 Å². The second-order valence-corrected chi connectivity index (χ2v) is 12.2. The van der Waals surface area contributed by atoms with Crippen molar-refractivity contribution in [1.82, 2.24) is 0 Å². The van der Waals surface area contributed by atoms with Crippen LogP contribution < -0.4 is 4.90 Å². The number of hydrogen-bond donors (Lipinski definition) is 0. The van der Waals surface area contributed by atoms with Crippen LogP contribution in [-0.4, -0.2) is 0 Å². The van der Waals surface area contributed by atoms with Gasteiger partial charge in [-0.05, 0) is 75.3 Å². The number of benzene rings is 8. The maximum atomic E-state index is 6.63. The summed E-state index contributed by atoms with van der Waals surface area (Å²) in [4.78, 5) is 2.36. The van der Waals surface area contributed by atoms with Crippen molar-refractivity contribution in [3.05, 3.63) is 188 Å². The number of rotatable bonds is 6. The van der Waals surface area contributed by atoms with Gasteiger partial charge in [0.15, 0.2) is 0 Å². The lowest BCUT2D eigenvalue weighted by Crippen LogP contribution is -2.10. The van der Waals surface area contributed by atoms with Crippen molar-refractivity contribution in [1.29, 1.82) is 0 Å². The summed E-state index contributed by atoms with van der Waals surface area (Å²) in [6, 6.07) is 66.8. The quantitative estimate of drug-likeness (QED) is 0.185. The molecule has 0 aliphatic rings. The first-order valence-electron chi connectivity index (χ1n) is 16.3. The predicted octanol–water partition coefficient (Wildman–Crippen LogP) is 13.2. The van der Waals surface area contributed by atoms with Gasteiger partial charge in [-0.1, -0.05) is 146 Å². The first kappa shape index (κ1) is 27.9. The second-order valence-electron chi connectivity index (χ2n) is 12.2. The van der Waals surface area contributed by atoms with Gasteiger partial charge in [-0.15, -0.1) is 0 Å². The van der Waals surface area contributed by atoms with E-state index in [0.29, 0.717) is 0 Å². The van der Waals surface area contributed by atoms with Crippen LogP contribution in [0, 0.1) is 0 Å². The number of hydrogen-bond acceptors (Lipinski definition) is 2. The van der Waals surface area contributed by atoms with Crippen molar-refractivity contribution >= 4 is 49.6 Å². The molecule has 0 saturated heterocycles. The fourth-order valence-electron chi connectivity index (χ4n) is 6.93. The fourth-order valence-corrected chi connectivity index (χ4v) is 6.93. The first-order chi connectivity index (χ1) is 23.8. The van der Waals surface area contributed by atoms with Gasteiger partial charge in [0, 0.05) is 33.3 Å². The first-order valence-corrected chi connectivity index (χ1v) is 16.3. The number of anilines is 3. The molecule has 0 N–H and O–H groups in total. The Kier molecular flexibility index (Phi) is 6.84. The van der Waals surface area contributed by atoms with Gasteiger partial charge in [0.25, 0.3) is 0 Å². The van der Waals surface area contributed by atoms with Gasteiger partial charge in [-0.25, -0.2) is 0 Å². The van der Waals surface area contributed by atoms with Gasteiger partial charge < -0.3 is 9.32 Å². The van der Waals surface area contributed by atoms with Gasteiger partial charge >= 0.3 is 0 Å². The summed E-state index contributed by atoms with van der Waals surface area (Å²) in [6.45, 7) is 0. The normalized spacial score (nSPS) is 11.3. The van der Waals surface area contributed by atoms with E-state index in [4.69, 9.17) is 4.42 Å². The maximum Gasteiger partial charge on any atom is 0.143 e. The Bertz CT molecular complexity index is 2560. The van der Waals surface area contributed by atoms with Crippen molar-refractivity contribution < 1.29 is 4.42 Å². The lowest BCUT2D eigenvalue weighted by molar-refractivity contribution is 0.632. The highest BCUT2D eigenvalue weighted by atomic mass is 16.3. The molecule has 9 aromatic rings. The molecule has 9 rings (SSSR count). The predicted molar refractivity (Wildman–Crippen MR) is 202 cm³/mol. The largest absolute Gasteiger partial charge is 0.455 e. The molecule has 0 fully saturated rings. The molecular weight excluding hydrogens is 583 g/mol. The molecule has 0 amide bonds. The lowest BCUT2D eigenvalue weighted by atomic mass is 9.98. The SMILES string of the molecule is c1ccc(-c2c(-c3cccc(N(c4ccc(-c5ccc6ccccc6c5)cc4)c4cccc5ccccc45)c3)oc3ccccc23)cc1. The van der Waals surface area contributed by atoms with Crippen molar-refractivity contribution in [2.24, 2.45) is 0 Å². The summed E-state index contributed by atoms with van der Waals surface area (Å²) in [7, 11) is 0. The van der Waals surface area contributed by atoms with Crippen LogP contribution in [0.25, 0.3) is 66.1 Å². The van der Waals surface area contributed by atoms with Crippen LogP contribution in [-0.2, 0) is 0 Å². The molecule has 48 heavy (non-hydrogen) atoms. The third-order valence-corrected chi connectivity index (χ3v) is 9.24. The summed E-state index contributed by atoms with van der Waals surface area (Å²) in [5.74, 6) is 0.869. The van der Waals surface area contributed by atoms with Crippen molar-refractivity contribution in [3.8, 4) is 33.6 Å². The third-order valence-electron chi connectivity index (χ3n) is 9.24. The number of nitrogens with zero attached hydrogens (tertiary/aromatic N) is 1. The van der Waals surface area contributed by atoms with Gasteiger partial charge in [-0.3, -0.25) is 0 Å². The topological polar surface area (TPSA) is 16.4 Å². The Labute approximate surface area is 279 Å². The van der Waals surface area contributed by atoms with Gasteiger partial charge in [-0.2, -0.15) is 0 Å². The number of furan rings is 1. The zero-order valence-electron chi connectivity index (χ0n) is 26.3. The molecule has 1 heterocycles. The third kappa shape index (κ3) is 4.92. The Morgan fingerprint density at radius 3 is 1.85 bits per heavy atom. The van der Waals surface area contributed by atoms with Crippen LogP contribution >= 0.6 is 0 Å². The van der Waals surface area contributed by atoms with E-state index < -0.39 is 0 Å². The number of fused-ring (bicyclic) bond motifs is 3. The second kappa shape index (κ2) is 11.8. The maximum absolute atomic E-state index is 6.63. The molecule has 8 aromatic carbocycles. The highest BCUT2D eigenvalue weighted by molar-refractivity contribution is 6.03. The van der Waals surface area contributed by atoms with E-state index in [-0.39, 0.29) is 0 Å². The summed E-state index contributed by atoms with van der Waals surface area (Å²) >= 11 is 0. The van der Waals surface area contributed by atoms with Crippen molar-refractivity contribution in [2.45, 2.75) is 0 Å². The highest BCUT2D eigenvalue weighted by Crippen LogP contribution is 2.44. The van der Waals surface area contributed by atoms with E-state index in [2.05, 4.69) is 187 Å². The van der Waals surface area contributed by atoms with Crippen molar-refractivity contribution in [2.75, 3.05) is 4.90 Å². The van der Waals surface area contributed by atoms with Crippen LogP contribution in [0.2, 0.25) is 0 Å². The molecular formula is C46H31NO.